The molecular formula is C15H13F2NO. The van der Waals surface area contributed by atoms with Crippen LogP contribution in [0.25, 0.3) is 0 Å². The van der Waals surface area contributed by atoms with Crippen LogP contribution in [-0.4, -0.2) is 5.92 Å². The minimum absolute atomic E-state index is 0.338. The lowest BCUT2D eigenvalue weighted by atomic mass is 10.0. The first-order chi connectivity index (χ1) is 9.03. The summed E-state index contributed by atoms with van der Waals surface area (Å²) >= 11 is 0. The second-order valence-electron chi connectivity index (χ2n) is 4.76. The smallest absolute Gasteiger partial charge is 0.272 e. The maximum atomic E-state index is 13.4. The highest BCUT2D eigenvalue weighted by molar-refractivity contribution is 5.47. The normalized spacial score (nSPS) is 23.9. The first-order valence-corrected chi connectivity index (χ1v) is 6.02. The molecule has 0 saturated heterocycles. The van der Waals surface area contributed by atoms with Crippen LogP contribution in [0.1, 0.15) is 12.0 Å². The minimum Gasteiger partial charge on any atom is -0.457 e. The SMILES string of the molecule is NC1(c2ccccc2Oc2ccccc2)CC1(F)F. The Morgan fingerprint density at radius 3 is 2.16 bits per heavy atom. The van der Waals surface area contributed by atoms with Crippen molar-refractivity contribution >= 4 is 0 Å². The molecule has 0 heterocycles. The van der Waals surface area contributed by atoms with Gasteiger partial charge < -0.3 is 10.5 Å². The molecule has 1 aliphatic carbocycles. The molecular weight excluding hydrogens is 248 g/mol. The summed E-state index contributed by atoms with van der Waals surface area (Å²) in [6.45, 7) is 0. The van der Waals surface area contributed by atoms with Crippen LogP contribution >= 0.6 is 0 Å². The van der Waals surface area contributed by atoms with Gasteiger partial charge >= 0.3 is 0 Å². The van der Waals surface area contributed by atoms with Gasteiger partial charge in [-0.2, -0.15) is 0 Å². The van der Waals surface area contributed by atoms with Crippen LogP contribution in [0.5, 0.6) is 11.5 Å². The average Bonchev–Trinajstić information content (AvgIpc) is 2.91. The van der Waals surface area contributed by atoms with Crippen LogP contribution in [0.15, 0.2) is 54.6 Å². The van der Waals surface area contributed by atoms with E-state index >= 15 is 0 Å². The van der Waals surface area contributed by atoms with Crippen molar-refractivity contribution in [1.82, 2.24) is 0 Å². The molecule has 0 aliphatic heterocycles. The first kappa shape index (κ1) is 12.1. The molecule has 3 rings (SSSR count). The van der Waals surface area contributed by atoms with E-state index in [1.54, 1.807) is 36.4 Å². The fourth-order valence-corrected chi connectivity index (χ4v) is 2.14. The van der Waals surface area contributed by atoms with Gasteiger partial charge in [-0.1, -0.05) is 36.4 Å². The van der Waals surface area contributed by atoms with E-state index in [1.807, 2.05) is 18.2 Å². The summed E-state index contributed by atoms with van der Waals surface area (Å²) in [6, 6.07) is 15.7. The van der Waals surface area contributed by atoms with Crippen molar-refractivity contribution in [2.75, 3.05) is 0 Å². The molecule has 2 N–H and O–H groups in total. The highest BCUT2D eigenvalue weighted by Crippen LogP contribution is 2.59. The quantitative estimate of drug-likeness (QED) is 0.914. The van der Waals surface area contributed by atoms with E-state index < -0.39 is 11.5 Å². The lowest BCUT2D eigenvalue weighted by Gasteiger charge is -2.16. The van der Waals surface area contributed by atoms with Crippen molar-refractivity contribution in [2.45, 2.75) is 17.9 Å². The van der Waals surface area contributed by atoms with E-state index in [-0.39, 0.29) is 6.42 Å². The number of halogens is 2. The summed E-state index contributed by atoms with van der Waals surface area (Å²) in [5, 5.41) is 0. The van der Waals surface area contributed by atoms with E-state index in [0.717, 1.165) is 0 Å². The molecule has 2 nitrogen and oxygen atoms in total. The molecule has 1 unspecified atom stereocenters. The van der Waals surface area contributed by atoms with Gasteiger partial charge in [0.15, 0.2) is 0 Å². The molecule has 1 aliphatic rings. The van der Waals surface area contributed by atoms with Gasteiger partial charge in [0, 0.05) is 12.0 Å². The number of rotatable bonds is 3. The van der Waals surface area contributed by atoms with Gasteiger partial charge in [-0.3, -0.25) is 0 Å². The molecule has 19 heavy (non-hydrogen) atoms. The van der Waals surface area contributed by atoms with Gasteiger partial charge in [0.2, 0.25) is 0 Å². The van der Waals surface area contributed by atoms with Crippen molar-refractivity contribution in [3.8, 4) is 11.5 Å². The summed E-state index contributed by atoms with van der Waals surface area (Å²) in [5.41, 5.74) is 4.52. The summed E-state index contributed by atoms with van der Waals surface area (Å²) < 4.78 is 32.5. The van der Waals surface area contributed by atoms with Crippen molar-refractivity contribution < 1.29 is 13.5 Å². The Kier molecular flexibility index (Phi) is 2.57. The highest BCUT2D eigenvalue weighted by Gasteiger charge is 2.70. The van der Waals surface area contributed by atoms with E-state index in [2.05, 4.69) is 0 Å². The fourth-order valence-electron chi connectivity index (χ4n) is 2.14. The number of hydrogen-bond acceptors (Lipinski definition) is 2. The monoisotopic (exact) mass is 261 g/mol. The molecule has 1 atom stereocenters. The van der Waals surface area contributed by atoms with Crippen LogP contribution in [0.4, 0.5) is 8.78 Å². The standard InChI is InChI=1S/C15H13F2NO/c16-15(17)10-14(15,18)12-8-4-5-9-13(12)19-11-6-2-1-3-7-11/h1-9H,10,18H2. The average molecular weight is 261 g/mol. The maximum Gasteiger partial charge on any atom is 0.272 e. The molecule has 1 saturated carbocycles. The van der Waals surface area contributed by atoms with E-state index in [0.29, 0.717) is 17.1 Å². The topological polar surface area (TPSA) is 35.2 Å². The molecule has 0 bridgehead atoms. The van der Waals surface area contributed by atoms with Gasteiger partial charge in [0.1, 0.15) is 17.0 Å². The molecule has 4 heteroatoms. The van der Waals surface area contributed by atoms with Crippen molar-refractivity contribution in [2.24, 2.45) is 5.73 Å². The molecule has 98 valence electrons. The molecule has 2 aromatic rings. The van der Waals surface area contributed by atoms with E-state index in [1.165, 1.54) is 0 Å². The van der Waals surface area contributed by atoms with Crippen LogP contribution in [0.2, 0.25) is 0 Å². The van der Waals surface area contributed by atoms with Crippen LogP contribution in [-0.2, 0) is 5.54 Å². The van der Waals surface area contributed by atoms with E-state index in [4.69, 9.17) is 10.5 Å². The number of nitrogens with two attached hydrogens (primary N) is 1. The zero-order valence-corrected chi connectivity index (χ0v) is 10.1. The number of benzene rings is 2. The third-order valence-electron chi connectivity index (χ3n) is 3.37. The zero-order valence-electron chi connectivity index (χ0n) is 10.1. The third kappa shape index (κ3) is 1.98. The van der Waals surface area contributed by atoms with Crippen LogP contribution in [0, 0.1) is 0 Å². The third-order valence-corrected chi connectivity index (χ3v) is 3.37. The molecule has 0 amide bonds. The zero-order chi connectivity index (χ0) is 13.5. The van der Waals surface area contributed by atoms with Gasteiger partial charge in [0.05, 0.1) is 0 Å². The molecule has 1 fully saturated rings. The summed E-state index contributed by atoms with van der Waals surface area (Å²) in [7, 11) is 0. The Morgan fingerprint density at radius 1 is 0.947 bits per heavy atom. The number of para-hydroxylation sites is 2. The van der Waals surface area contributed by atoms with Gasteiger partial charge in [-0.05, 0) is 18.2 Å². The van der Waals surface area contributed by atoms with Crippen LogP contribution in [0.3, 0.4) is 0 Å². The van der Waals surface area contributed by atoms with Crippen molar-refractivity contribution in [3.63, 3.8) is 0 Å². The maximum absolute atomic E-state index is 13.4. The molecule has 0 spiro atoms. The Hall–Kier alpha value is -1.94. The Labute approximate surface area is 109 Å². The van der Waals surface area contributed by atoms with Crippen LogP contribution < -0.4 is 10.5 Å². The number of hydrogen-bond donors (Lipinski definition) is 1. The first-order valence-electron chi connectivity index (χ1n) is 6.02. The minimum atomic E-state index is -2.86. The molecule has 0 radical (unpaired) electrons. The lowest BCUT2D eigenvalue weighted by molar-refractivity contribution is 0.0885. The second kappa shape index (κ2) is 4.03. The predicted octanol–water partition coefficient (Wildman–Crippen LogP) is 3.67. The predicted molar refractivity (Wildman–Crippen MR) is 68.4 cm³/mol. The summed E-state index contributed by atoms with van der Waals surface area (Å²) in [6.07, 6.45) is -0.338. The van der Waals surface area contributed by atoms with Gasteiger partial charge in [-0.15, -0.1) is 0 Å². The summed E-state index contributed by atoms with van der Waals surface area (Å²) in [5.74, 6) is -1.88. The lowest BCUT2D eigenvalue weighted by Crippen LogP contribution is -2.27. The van der Waals surface area contributed by atoms with E-state index in [9.17, 15) is 8.78 Å². The Balaban J connectivity index is 1.96. The van der Waals surface area contributed by atoms with Gasteiger partial charge in [0.25, 0.3) is 5.92 Å². The Bertz CT molecular complexity index is 600. The molecule has 2 aromatic carbocycles. The highest BCUT2D eigenvalue weighted by atomic mass is 19.3. The number of alkyl halides is 2. The van der Waals surface area contributed by atoms with Crippen molar-refractivity contribution in [1.29, 1.82) is 0 Å². The second-order valence-corrected chi connectivity index (χ2v) is 4.76. The largest absolute Gasteiger partial charge is 0.457 e. The fraction of sp³-hybridized carbons (Fsp3) is 0.200. The van der Waals surface area contributed by atoms with Crippen molar-refractivity contribution in [3.05, 3.63) is 60.2 Å². The Morgan fingerprint density at radius 2 is 1.53 bits per heavy atom. The number of ether oxygens (including phenoxy) is 1. The van der Waals surface area contributed by atoms with Gasteiger partial charge in [-0.25, -0.2) is 8.78 Å². The summed E-state index contributed by atoms with van der Waals surface area (Å²) in [4.78, 5) is 0. The molecule has 0 aromatic heterocycles.